The molecule has 0 spiro atoms. The van der Waals surface area contributed by atoms with E-state index in [0.717, 1.165) is 0 Å². The third kappa shape index (κ3) is 2.34. The Labute approximate surface area is 148 Å². The van der Waals surface area contributed by atoms with Gasteiger partial charge in [0.05, 0.1) is 0 Å². The Morgan fingerprint density at radius 1 is 0.739 bits per heavy atom. The van der Waals surface area contributed by atoms with Gasteiger partial charge in [-0.25, -0.2) is 0 Å². The second-order valence-electron chi connectivity index (χ2n) is 5.96. The van der Waals surface area contributed by atoms with Gasteiger partial charge in [0.25, 0.3) is 0 Å². The SMILES string of the molecule is Cc1cc2cc3cc4cc(-c5ccccc5)sc4cc3cc2[te]1. The Morgan fingerprint density at radius 2 is 1.52 bits per heavy atom. The molecule has 0 nitrogen and oxygen atoms in total. The minimum atomic E-state index is -0.113. The van der Waals surface area contributed by atoms with Crippen molar-refractivity contribution in [1.82, 2.24) is 0 Å². The van der Waals surface area contributed by atoms with Crippen molar-refractivity contribution in [2.45, 2.75) is 6.92 Å². The number of hydrogen-bond donors (Lipinski definition) is 0. The summed E-state index contributed by atoms with van der Waals surface area (Å²) in [5.41, 5.74) is 1.31. The monoisotopic (exact) mass is 428 g/mol. The molecule has 0 aliphatic heterocycles. The molecule has 0 N–H and O–H groups in total. The van der Waals surface area contributed by atoms with E-state index in [1.807, 2.05) is 11.3 Å². The summed E-state index contributed by atoms with van der Waals surface area (Å²) in [6.45, 7) is 2.28. The molecule has 2 aromatic heterocycles. The molecule has 5 rings (SSSR count). The summed E-state index contributed by atoms with van der Waals surface area (Å²) in [7, 11) is 0. The van der Waals surface area contributed by atoms with E-state index >= 15 is 0 Å². The number of benzene rings is 3. The van der Waals surface area contributed by atoms with Gasteiger partial charge < -0.3 is 0 Å². The third-order valence-corrected chi connectivity index (χ3v) is 8.33. The van der Waals surface area contributed by atoms with Gasteiger partial charge in [-0.3, -0.25) is 0 Å². The topological polar surface area (TPSA) is 0 Å². The molecule has 0 aliphatic rings. The molecule has 0 atom stereocenters. The van der Waals surface area contributed by atoms with Crippen LogP contribution in [0.4, 0.5) is 0 Å². The summed E-state index contributed by atoms with van der Waals surface area (Å²) in [5, 5.41) is 5.57. The molecule has 23 heavy (non-hydrogen) atoms. The zero-order chi connectivity index (χ0) is 15.4. The second-order valence-corrected chi connectivity index (χ2v) is 10.7. The fraction of sp³-hybridized carbons (Fsp3) is 0.0476. The van der Waals surface area contributed by atoms with Crippen LogP contribution in [0.1, 0.15) is 3.58 Å². The number of rotatable bonds is 1. The molecule has 0 aliphatic carbocycles. The maximum absolute atomic E-state index is 2.43. The summed E-state index contributed by atoms with van der Waals surface area (Å²) in [6.07, 6.45) is 0. The molecule has 2 heteroatoms. The van der Waals surface area contributed by atoms with E-state index in [1.165, 1.54) is 36.7 Å². The van der Waals surface area contributed by atoms with Crippen LogP contribution in [0.2, 0.25) is 0 Å². The van der Waals surface area contributed by atoms with Crippen molar-refractivity contribution >= 4 is 61.4 Å². The van der Waals surface area contributed by atoms with Crippen LogP contribution in [0, 0.1) is 6.92 Å². The van der Waals surface area contributed by atoms with Crippen molar-refractivity contribution in [1.29, 1.82) is 0 Å². The fourth-order valence-corrected chi connectivity index (χ4v) is 7.02. The van der Waals surface area contributed by atoms with Crippen molar-refractivity contribution < 1.29 is 0 Å². The summed E-state index contributed by atoms with van der Waals surface area (Å²) in [4.78, 5) is 1.35. The Kier molecular flexibility index (Phi) is 3.13. The van der Waals surface area contributed by atoms with Gasteiger partial charge in [-0.05, 0) is 0 Å². The Morgan fingerprint density at radius 3 is 2.39 bits per heavy atom. The third-order valence-electron chi connectivity index (χ3n) is 4.29. The van der Waals surface area contributed by atoms with Crippen LogP contribution >= 0.6 is 11.3 Å². The van der Waals surface area contributed by atoms with E-state index in [9.17, 15) is 0 Å². The first-order chi connectivity index (χ1) is 11.3. The first-order valence-corrected chi connectivity index (χ1v) is 10.8. The van der Waals surface area contributed by atoms with Crippen molar-refractivity contribution in [3.8, 4) is 10.4 Å². The van der Waals surface area contributed by atoms with Crippen LogP contribution in [-0.2, 0) is 0 Å². The van der Waals surface area contributed by atoms with E-state index < -0.39 is 0 Å². The average Bonchev–Trinajstić information content (AvgIpc) is 3.12. The van der Waals surface area contributed by atoms with E-state index in [2.05, 4.69) is 73.7 Å². The van der Waals surface area contributed by atoms with Gasteiger partial charge in [-0.1, -0.05) is 0 Å². The van der Waals surface area contributed by atoms with E-state index in [1.54, 1.807) is 6.98 Å². The molecular weight excluding hydrogens is 412 g/mol. The maximum atomic E-state index is 2.43. The van der Waals surface area contributed by atoms with E-state index in [4.69, 9.17) is 0 Å². The normalized spacial score (nSPS) is 11.7. The van der Waals surface area contributed by atoms with Gasteiger partial charge >= 0.3 is 149 Å². The standard InChI is InChI=1S/C21H14STe/c1-13-7-18-9-15-8-17-11-19(14-5-3-2-4-6-14)22-20(17)10-16(15)12-21(18)23-13/h2-12H,1H3. The molecular formula is C21H14STe. The zero-order valence-electron chi connectivity index (χ0n) is 12.7. The molecule has 0 fully saturated rings. The first kappa shape index (κ1) is 13.8. The summed E-state index contributed by atoms with van der Waals surface area (Å²) in [5.74, 6) is 0. The van der Waals surface area contributed by atoms with Gasteiger partial charge in [0.15, 0.2) is 0 Å². The average molecular weight is 426 g/mol. The predicted octanol–water partition coefficient (Wildman–Crippen LogP) is 6.24. The summed E-state index contributed by atoms with van der Waals surface area (Å²) < 4.78 is 4.58. The first-order valence-electron chi connectivity index (χ1n) is 7.69. The molecule has 0 bridgehead atoms. The molecule has 0 unspecified atom stereocenters. The number of hydrogen-bond acceptors (Lipinski definition) is 1. The molecule has 110 valence electrons. The Bertz CT molecular complexity index is 1090. The van der Waals surface area contributed by atoms with Gasteiger partial charge in [-0.2, -0.15) is 0 Å². The van der Waals surface area contributed by atoms with Gasteiger partial charge in [0, 0.05) is 0 Å². The summed E-state index contributed by atoms with van der Waals surface area (Å²) >= 11 is 1.78. The molecule has 0 saturated carbocycles. The molecule has 0 radical (unpaired) electrons. The quantitative estimate of drug-likeness (QED) is 0.279. The Balaban J connectivity index is 1.77. The molecule has 0 saturated heterocycles. The van der Waals surface area contributed by atoms with Crippen molar-refractivity contribution in [2.24, 2.45) is 0 Å². The zero-order valence-corrected chi connectivity index (χ0v) is 15.8. The molecule has 0 amide bonds. The number of aryl methyl sites for hydroxylation is 1. The van der Waals surface area contributed by atoms with Crippen LogP contribution < -0.4 is 0 Å². The predicted molar refractivity (Wildman–Crippen MR) is 104 cm³/mol. The van der Waals surface area contributed by atoms with E-state index in [-0.39, 0.29) is 20.4 Å². The van der Waals surface area contributed by atoms with Crippen LogP contribution in [0.5, 0.6) is 0 Å². The van der Waals surface area contributed by atoms with Crippen molar-refractivity contribution in [3.63, 3.8) is 0 Å². The van der Waals surface area contributed by atoms with Gasteiger partial charge in [0.2, 0.25) is 0 Å². The van der Waals surface area contributed by atoms with Gasteiger partial charge in [-0.15, -0.1) is 0 Å². The van der Waals surface area contributed by atoms with E-state index in [0.29, 0.717) is 0 Å². The summed E-state index contributed by atoms with van der Waals surface area (Å²) in [6, 6.07) is 24.9. The fourth-order valence-electron chi connectivity index (χ4n) is 3.20. The van der Waals surface area contributed by atoms with Crippen LogP contribution in [0.15, 0.2) is 66.7 Å². The van der Waals surface area contributed by atoms with Gasteiger partial charge in [0.1, 0.15) is 0 Å². The van der Waals surface area contributed by atoms with Crippen LogP contribution in [0.25, 0.3) is 40.1 Å². The van der Waals surface area contributed by atoms with Crippen LogP contribution in [0.3, 0.4) is 0 Å². The van der Waals surface area contributed by atoms with Crippen LogP contribution in [-0.4, -0.2) is 20.4 Å². The van der Waals surface area contributed by atoms with Crippen molar-refractivity contribution in [2.75, 3.05) is 0 Å². The molecule has 5 aromatic rings. The number of thiophene rings is 1. The Hall–Kier alpha value is -1.59. The molecule has 2 heterocycles. The molecule has 3 aromatic carbocycles. The minimum absolute atomic E-state index is 0.113. The number of fused-ring (bicyclic) bond motifs is 3. The second kappa shape index (κ2) is 5.21. The van der Waals surface area contributed by atoms with Crippen molar-refractivity contribution in [3.05, 3.63) is 70.3 Å².